The molecule has 2 aromatic rings. The number of allylic oxidation sites excluding steroid dienone is 3. The van der Waals surface area contributed by atoms with Crippen molar-refractivity contribution in [2.45, 2.75) is 78.4 Å². The third-order valence-corrected chi connectivity index (χ3v) is 7.36. The van der Waals surface area contributed by atoms with Gasteiger partial charge in [-0.1, -0.05) is 48.8 Å². The van der Waals surface area contributed by atoms with E-state index in [9.17, 15) is 5.11 Å². The maximum absolute atomic E-state index is 11.2. The highest BCUT2D eigenvalue weighted by molar-refractivity contribution is 5.52. The van der Waals surface area contributed by atoms with E-state index < -0.39 is 0 Å². The van der Waals surface area contributed by atoms with E-state index in [1.165, 1.54) is 5.57 Å². The lowest BCUT2D eigenvalue weighted by atomic mass is 9.73. The molecule has 0 spiro atoms. The third kappa shape index (κ3) is 10.9. The molecule has 228 valence electrons. The van der Waals surface area contributed by atoms with E-state index in [4.69, 9.17) is 24.1 Å². The summed E-state index contributed by atoms with van der Waals surface area (Å²) < 4.78 is 24.6. The predicted molar refractivity (Wildman–Crippen MR) is 159 cm³/mol. The molecule has 0 aliphatic heterocycles. The number of hydrogen-bond donors (Lipinski definition) is 2. The Balaban J connectivity index is 1.50. The number of aliphatic hydroxyl groups is 1. The Bertz CT molecular complexity index is 1100. The number of rotatable bonds is 20. The maximum atomic E-state index is 11.2. The Morgan fingerprint density at radius 2 is 1.85 bits per heavy atom. The first-order valence-corrected chi connectivity index (χ1v) is 15.0. The van der Waals surface area contributed by atoms with Crippen LogP contribution in [0.5, 0.6) is 11.5 Å². The lowest BCUT2D eigenvalue weighted by Gasteiger charge is -2.32. The van der Waals surface area contributed by atoms with Crippen LogP contribution in [0.1, 0.15) is 75.6 Å². The molecule has 1 aliphatic rings. The second-order valence-electron chi connectivity index (χ2n) is 10.8. The second kappa shape index (κ2) is 18.0. The quantitative estimate of drug-likeness (QED) is 0.162. The number of benzene rings is 1. The molecule has 1 aromatic heterocycles. The van der Waals surface area contributed by atoms with Crippen LogP contribution in [0, 0.1) is 5.92 Å². The number of unbranched alkanes of at least 4 members (excludes halogenated alkanes) is 2. The van der Waals surface area contributed by atoms with Gasteiger partial charge in [-0.3, -0.25) is 0 Å². The van der Waals surface area contributed by atoms with E-state index in [1.54, 1.807) is 4.68 Å². The van der Waals surface area contributed by atoms with Gasteiger partial charge in [0.25, 0.3) is 0 Å². The van der Waals surface area contributed by atoms with Crippen LogP contribution >= 0.6 is 0 Å². The first-order valence-electron chi connectivity index (χ1n) is 15.0. The van der Waals surface area contributed by atoms with E-state index in [-0.39, 0.29) is 18.4 Å². The van der Waals surface area contributed by atoms with E-state index in [0.29, 0.717) is 58.5 Å². The van der Waals surface area contributed by atoms with Crippen LogP contribution in [0.2, 0.25) is 0 Å². The number of phenolic OH excluding ortho intramolecular Hbond substituents is 1. The van der Waals surface area contributed by atoms with Crippen LogP contribution in [0.3, 0.4) is 0 Å². The molecule has 0 saturated carbocycles. The van der Waals surface area contributed by atoms with Crippen LogP contribution < -0.4 is 4.74 Å². The van der Waals surface area contributed by atoms with E-state index in [0.717, 1.165) is 66.7 Å². The van der Waals surface area contributed by atoms with Crippen molar-refractivity contribution in [1.82, 2.24) is 15.0 Å². The fraction of sp³-hybridized carbons (Fsp3) is 0.625. The number of hydrogen-bond acceptors (Lipinski definition) is 8. The highest BCUT2D eigenvalue weighted by Crippen LogP contribution is 2.47. The first-order chi connectivity index (χ1) is 19.9. The number of ether oxygens (including phenoxy) is 4. The normalized spacial score (nSPS) is 17.0. The molecule has 1 heterocycles. The number of aryl methyl sites for hydroxylation is 1. The van der Waals surface area contributed by atoms with Gasteiger partial charge in [0.05, 0.1) is 59.0 Å². The molecule has 2 unspecified atom stereocenters. The molecule has 2 atom stereocenters. The fourth-order valence-corrected chi connectivity index (χ4v) is 5.20. The summed E-state index contributed by atoms with van der Waals surface area (Å²) in [6.45, 7) is 14.1. The van der Waals surface area contributed by atoms with Crippen molar-refractivity contribution in [2.75, 3.05) is 46.2 Å². The lowest BCUT2D eigenvalue weighted by molar-refractivity contribution is 0.0292. The summed E-state index contributed by atoms with van der Waals surface area (Å²) in [5, 5.41) is 28.1. The molecule has 0 fully saturated rings. The standard InChI is InChI=1S/C32H49N3O6/c1-5-6-7-8-26-20-30(37)32(29-19-25(4)9-10-28(29)24(2)3)31(21-26)41-18-17-39-15-16-40-23-27-22-35(34-33-27)11-13-38-14-12-36/h19-22,28-29,36-37H,2,5-18,23H2,1,3-4H3. The van der Waals surface area contributed by atoms with E-state index in [2.05, 4.69) is 49.8 Å². The summed E-state index contributed by atoms with van der Waals surface area (Å²) in [5.41, 5.74) is 5.16. The van der Waals surface area contributed by atoms with Crippen LogP contribution in [0.4, 0.5) is 0 Å². The molecule has 9 heteroatoms. The van der Waals surface area contributed by atoms with Crippen LogP contribution in [-0.2, 0) is 33.8 Å². The largest absolute Gasteiger partial charge is 0.507 e. The van der Waals surface area contributed by atoms with Gasteiger partial charge in [0.1, 0.15) is 23.8 Å². The summed E-state index contributed by atoms with van der Waals surface area (Å²) >= 11 is 0. The highest BCUT2D eigenvalue weighted by Gasteiger charge is 2.30. The minimum Gasteiger partial charge on any atom is -0.507 e. The molecule has 2 N–H and O–H groups in total. The Morgan fingerprint density at radius 1 is 1.07 bits per heavy atom. The summed E-state index contributed by atoms with van der Waals surface area (Å²) in [6.07, 6.45) is 10.5. The van der Waals surface area contributed by atoms with Crippen molar-refractivity contribution in [3.8, 4) is 11.5 Å². The molecule has 0 amide bonds. The van der Waals surface area contributed by atoms with Crippen molar-refractivity contribution in [2.24, 2.45) is 5.92 Å². The van der Waals surface area contributed by atoms with Crippen molar-refractivity contribution in [3.63, 3.8) is 0 Å². The summed E-state index contributed by atoms with van der Waals surface area (Å²) in [6, 6.07) is 4.02. The molecular formula is C32H49N3O6. The predicted octanol–water partition coefficient (Wildman–Crippen LogP) is 5.35. The number of nitrogens with zero attached hydrogens (tertiary/aromatic N) is 3. The summed E-state index contributed by atoms with van der Waals surface area (Å²) in [5.74, 6) is 1.36. The van der Waals surface area contributed by atoms with Crippen molar-refractivity contribution in [1.29, 1.82) is 0 Å². The van der Waals surface area contributed by atoms with E-state index >= 15 is 0 Å². The fourth-order valence-electron chi connectivity index (χ4n) is 5.20. The van der Waals surface area contributed by atoms with Gasteiger partial charge in [-0.05, 0) is 63.1 Å². The second-order valence-corrected chi connectivity index (χ2v) is 10.8. The zero-order chi connectivity index (χ0) is 29.5. The average molecular weight is 572 g/mol. The SMILES string of the molecule is C=C(C)C1CCC(C)=CC1c1c(O)cc(CCCCC)cc1OCCOCCOCc1cn(CCOCCO)nn1. The molecule has 3 rings (SSSR count). The van der Waals surface area contributed by atoms with Crippen LogP contribution in [-0.4, -0.2) is 71.5 Å². The number of aromatic hydroxyl groups is 1. The molecule has 1 aromatic carbocycles. The Kier molecular flexibility index (Phi) is 14.4. The minimum atomic E-state index is 0.00917. The van der Waals surface area contributed by atoms with Gasteiger partial charge in [-0.25, -0.2) is 4.68 Å². The number of phenols is 1. The van der Waals surface area contributed by atoms with Gasteiger partial charge in [-0.2, -0.15) is 0 Å². The maximum Gasteiger partial charge on any atom is 0.127 e. The number of aromatic nitrogens is 3. The topological polar surface area (TPSA) is 108 Å². The average Bonchev–Trinajstić information content (AvgIpc) is 3.40. The monoisotopic (exact) mass is 571 g/mol. The van der Waals surface area contributed by atoms with E-state index in [1.807, 2.05) is 12.3 Å². The molecule has 9 nitrogen and oxygen atoms in total. The molecule has 0 radical (unpaired) electrons. The van der Waals surface area contributed by atoms with Crippen molar-refractivity contribution < 1.29 is 29.2 Å². The van der Waals surface area contributed by atoms with Crippen LogP contribution in [0.25, 0.3) is 0 Å². The summed E-state index contributed by atoms with van der Waals surface area (Å²) in [4.78, 5) is 0. The van der Waals surface area contributed by atoms with Gasteiger partial charge in [-0.15, -0.1) is 5.10 Å². The van der Waals surface area contributed by atoms with Gasteiger partial charge in [0.15, 0.2) is 0 Å². The van der Waals surface area contributed by atoms with Gasteiger partial charge >= 0.3 is 0 Å². The molecule has 1 aliphatic carbocycles. The third-order valence-electron chi connectivity index (χ3n) is 7.36. The zero-order valence-electron chi connectivity index (χ0n) is 25.1. The highest BCUT2D eigenvalue weighted by atomic mass is 16.5. The van der Waals surface area contributed by atoms with Gasteiger partial charge < -0.3 is 29.2 Å². The first kappa shape index (κ1) is 32.8. The Labute approximate surface area is 245 Å². The number of aliphatic hydroxyl groups excluding tert-OH is 1. The van der Waals surface area contributed by atoms with Gasteiger partial charge in [0.2, 0.25) is 0 Å². The molecular weight excluding hydrogens is 522 g/mol. The Morgan fingerprint density at radius 3 is 2.63 bits per heavy atom. The minimum absolute atomic E-state index is 0.00917. The molecule has 0 saturated heterocycles. The van der Waals surface area contributed by atoms with Crippen molar-refractivity contribution in [3.05, 3.63) is 59.0 Å². The summed E-state index contributed by atoms with van der Waals surface area (Å²) in [7, 11) is 0. The molecule has 41 heavy (non-hydrogen) atoms. The zero-order valence-corrected chi connectivity index (χ0v) is 25.1. The molecule has 0 bridgehead atoms. The van der Waals surface area contributed by atoms with Crippen LogP contribution in [0.15, 0.2) is 42.1 Å². The lowest BCUT2D eigenvalue weighted by Crippen LogP contribution is -2.19. The van der Waals surface area contributed by atoms with Gasteiger partial charge in [0, 0.05) is 11.5 Å². The van der Waals surface area contributed by atoms with Crippen molar-refractivity contribution >= 4 is 0 Å². The Hall–Kier alpha value is -2.72. The smallest absolute Gasteiger partial charge is 0.127 e.